The summed E-state index contributed by atoms with van der Waals surface area (Å²) in [7, 11) is 0. The maximum Gasteiger partial charge on any atom is 0.208 e. The number of rotatable bonds is 8. The zero-order valence-electron chi connectivity index (χ0n) is 11.7. The molecule has 1 aromatic heterocycles. The van der Waals surface area contributed by atoms with Gasteiger partial charge in [-0.25, -0.2) is 4.98 Å². The molecule has 108 valence electrons. The van der Waals surface area contributed by atoms with Gasteiger partial charge in [0.15, 0.2) is 5.82 Å². The highest BCUT2D eigenvalue weighted by molar-refractivity contribution is 9.10. The van der Waals surface area contributed by atoms with Gasteiger partial charge >= 0.3 is 0 Å². The zero-order valence-corrected chi connectivity index (χ0v) is 14.1. The Hall–Kier alpha value is -0.810. The van der Waals surface area contributed by atoms with Crippen molar-refractivity contribution in [3.05, 3.63) is 28.7 Å². The van der Waals surface area contributed by atoms with Gasteiger partial charge in [-0.1, -0.05) is 78.5 Å². The summed E-state index contributed by atoms with van der Waals surface area (Å²) in [6, 6.07) is 8.04. The number of thioether (sulfide) groups is 1. The Morgan fingerprint density at radius 2 is 1.95 bits per heavy atom. The standard InChI is InChI=1S/C15H20BrN3S/c1-2-3-4-5-8-11-20-15-17-14(18-19-15)12-9-6-7-10-13(12)16/h6-7,9-10H,2-5,8,11H2,1H3,(H,17,18,19). The van der Waals surface area contributed by atoms with Gasteiger partial charge in [-0.15, -0.1) is 5.10 Å². The van der Waals surface area contributed by atoms with Gasteiger partial charge in [0.1, 0.15) is 0 Å². The van der Waals surface area contributed by atoms with Crippen molar-refractivity contribution < 1.29 is 0 Å². The molecule has 3 nitrogen and oxygen atoms in total. The number of halogens is 1. The van der Waals surface area contributed by atoms with Crippen LogP contribution in [0.3, 0.4) is 0 Å². The fourth-order valence-corrected chi connectivity index (χ4v) is 3.22. The Bertz CT molecular complexity index is 527. The molecule has 0 spiro atoms. The average Bonchev–Trinajstić information content (AvgIpc) is 2.92. The van der Waals surface area contributed by atoms with Crippen LogP contribution in [0.25, 0.3) is 11.4 Å². The van der Waals surface area contributed by atoms with E-state index in [1.54, 1.807) is 11.8 Å². The van der Waals surface area contributed by atoms with Crippen LogP contribution >= 0.6 is 27.7 Å². The molecule has 0 radical (unpaired) electrons. The molecule has 20 heavy (non-hydrogen) atoms. The van der Waals surface area contributed by atoms with E-state index < -0.39 is 0 Å². The van der Waals surface area contributed by atoms with Gasteiger partial charge in [-0.2, -0.15) is 0 Å². The second-order valence-corrected chi connectivity index (χ2v) is 6.63. The van der Waals surface area contributed by atoms with Gasteiger partial charge in [-0.3, -0.25) is 5.10 Å². The van der Waals surface area contributed by atoms with Crippen LogP contribution in [0, 0.1) is 0 Å². The third-order valence-corrected chi connectivity index (χ3v) is 4.70. The monoisotopic (exact) mass is 353 g/mol. The Kier molecular flexibility index (Phi) is 6.60. The van der Waals surface area contributed by atoms with Gasteiger partial charge < -0.3 is 0 Å². The Morgan fingerprint density at radius 1 is 1.15 bits per heavy atom. The number of unbranched alkanes of at least 4 members (excludes halogenated alkanes) is 4. The minimum absolute atomic E-state index is 0.825. The highest BCUT2D eigenvalue weighted by Crippen LogP contribution is 2.26. The molecule has 0 fully saturated rings. The molecule has 1 aromatic carbocycles. The lowest BCUT2D eigenvalue weighted by molar-refractivity contribution is 0.659. The van der Waals surface area contributed by atoms with Crippen LogP contribution in [0.2, 0.25) is 0 Å². The lowest BCUT2D eigenvalue weighted by Crippen LogP contribution is -1.84. The summed E-state index contributed by atoms with van der Waals surface area (Å²) in [6.07, 6.45) is 6.53. The van der Waals surface area contributed by atoms with Gasteiger partial charge in [0, 0.05) is 15.8 Å². The molecule has 2 aromatic rings. The van der Waals surface area contributed by atoms with E-state index in [4.69, 9.17) is 0 Å². The van der Waals surface area contributed by atoms with Crippen molar-refractivity contribution in [2.45, 2.75) is 44.2 Å². The van der Waals surface area contributed by atoms with E-state index in [-0.39, 0.29) is 0 Å². The van der Waals surface area contributed by atoms with Crippen molar-refractivity contribution in [2.24, 2.45) is 0 Å². The van der Waals surface area contributed by atoms with E-state index in [1.165, 1.54) is 32.1 Å². The van der Waals surface area contributed by atoms with E-state index in [2.05, 4.69) is 38.0 Å². The minimum atomic E-state index is 0.825. The van der Waals surface area contributed by atoms with Crippen molar-refractivity contribution in [3.63, 3.8) is 0 Å². The molecule has 1 N–H and O–H groups in total. The smallest absolute Gasteiger partial charge is 0.208 e. The molecule has 0 saturated heterocycles. The highest BCUT2D eigenvalue weighted by atomic mass is 79.9. The molecule has 2 rings (SSSR count). The van der Waals surface area contributed by atoms with Crippen LogP contribution in [-0.2, 0) is 0 Å². The van der Waals surface area contributed by atoms with Gasteiger partial charge in [0.05, 0.1) is 0 Å². The largest absolute Gasteiger partial charge is 0.258 e. The van der Waals surface area contributed by atoms with E-state index in [0.717, 1.165) is 26.8 Å². The summed E-state index contributed by atoms with van der Waals surface area (Å²) >= 11 is 5.27. The summed E-state index contributed by atoms with van der Waals surface area (Å²) in [4.78, 5) is 4.54. The highest BCUT2D eigenvalue weighted by Gasteiger charge is 2.08. The summed E-state index contributed by atoms with van der Waals surface area (Å²) in [6.45, 7) is 2.24. The van der Waals surface area contributed by atoms with E-state index in [9.17, 15) is 0 Å². The number of hydrogen-bond donors (Lipinski definition) is 1. The van der Waals surface area contributed by atoms with Crippen LogP contribution in [0.1, 0.15) is 39.0 Å². The lowest BCUT2D eigenvalue weighted by atomic mass is 10.2. The molecule has 1 heterocycles. The number of hydrogen-bond acceptors (Lipinski definition) is 3. The third kappa shape index (κ3) is 4.63. The first-order valence-corrected chi connectivity index (χ1v) is 8.89. The molecule has 0 aliphatic heterocycles. The van der Waals surface area contributed by atoms with Crippen molar-refractivity contribution in [1.29, 1.82) is 0 Å². The van der Waals surface area contributed by atoms with Crippen LogP contribution in [-0.4, -0.2) is 20.9 Å². The Morgan fingerprint density at radius 3 is 2.75 bits per heavy atom. The van der Waals surface area contributed by atoms with Crippen LogP contribution in [0.15, 0.2) is 33.9 Å². The fourth-order valence-electron chi connectivity index (χ4n) is 1.95. The lowest BCUT2D eigenvalue weighted by Gasteiger charge is -1.99. The summed E-state index contributed by atoms with van der Waals surface area (Å²) < 4.78 is 1.03. The van der Waals surface area contributed by atoms with E-state index in [0.29, 0.717) is 0 Å². The topological polar surface area (TPSA) is 41.6 Å². The fraction of sp³-hybridized carbons (Fsp3) is 0.467. The molecule has 0 atom stereocenters. The molecule has 0 saturated carbocycles. The van der Waals surface area contributed by atoms with Crippen LogP contribution in [0.5, 0.6) is 0 Å². The second-order valence-electron chi connectivity index (χ2n) is 4.71. The molecular formula is C15H20BrN3S. The zero-order chi connectivity index (χ0) is 14.2. The van der Waals surface area contributed by atoms with Crippen LogP contribution < -0.4 is 0 Å². The van der Waals surface area contributed by atoms with Crippen molar-refractivity contribution in [3.8, 4) is 11.4 Å². The predicted octanol–water partition coefficient (Wildman–Crippen LogP) is 5.30. The number of aromatic nitrogens is 3. The maximum atomic E-state index is 4.54. The van der Waals surface area contributed by atoms with Crippen molar-refractivity contribution in [1.82, 2.24) is 15.2 Å². The first kappa shape index (κ1) is 15.6. The summed E-state index contributed by atoms with van der Waals surface area (Å²) in [5.74, 6) is 1.92. The van der Waals surface area contributed by atoms with Crippen molar-refractivity contribution >= 4 is 27.7 Å². The predicted molar refractivity (Wildman–Crippen MR) is 89.0 cm³/mol. The van der Waals surface area contributed by atoms with Crippen LogP contribution in [0.4, 0.5) is 0 Å². The number of benzene rings is 1. The molecule has 0 aliphatic rings. The second kappa shape index (κ2) is 8.47. The molecule has 5 heteroatoms. The Balaban J connectivity index is 1.82. The average molecular weight is 354 g/mol. The van der Waals surface area contributed by atoms with E-state index in [1.807, 2.05) is 24.3 Å². The first-order valence-electron chi connectivity index (χ1n) is 7.11. The maximum absolute atomic E-state index is 4.54. The number of aromatic amines is 1. The first-order chi connectivity index (χ1) is 9.81. The van der Waals surface area contributed by atoms with E-state index >= 15 is 0 Å². The number of H-pyrrole nitrogens is 1. The van der Waals surface area contributed by atoms with Gasteiger partial charge in [0.25, 0.3) is 0 Å². The molecule has 0 amide bonds. The molecular weight excluding hydrogens is 334 g/mol. The third-order valence-electron chi connectivity index (χ3n) is 3.07. The molecule has 0 unspecified atom stereocenters. The minimum Gasteiger partial charge on any atom is -0.258 e. The number of nitrogens with one attached hydrogen (secondary N) is 1. The molecule has 0 aliphatic carbocycles. The number of nitrogens with zero attached hydrogens (tertiary/aromatic N) is 2. The van der Waals surface area contributed by atoms with Gasteiger partial charge in [0.2, 0.25) is 5.16 Å². The summed E-state index contributed by atoms with van der Waals surface area (Å²) in [5.41, 5.74) is 1.05. The quantitative estimate of drug-likeness (QED) is 0.517. The summed E-state index contributed by atoms with van der Waals surface area (Å²) in [5, 5.41) is 8.12. The Labute approximate surface area is 133 Å². The normalized spacial score (nSPS) is 10.9. The van der Waals surface area contributed by atoms with Gasteiger partial charge in [-0.05, 0) is 12.5 Å². The van der Waals surface area contributed by atoms with Crippen molar-refractivity contribution in [2.75, 3.05) is 5.75 Å². The SMILES string of the molecule is CCCCCCCSc1n[nH]c(-c2ccccc2Br)n1. The molecule has 0 bridgehead atoms.